The predicted octanol–water partition coefficient (Wildman–Crippen LogP) is 5.60. The minimum Gasteiger partial charge on any atom is -0.461 e. The number of fused-ring (bicyclic) bond motifs is 1. The van der Waals surface area contributed by atoms with E-state index in [4.69, 9.17) is 9.73 Å². The summed E-state index contributed by atoms with van der Waals surface area (Å²) in [5, 5.41) is 0. The molecule has 2 aromatic carbocycles. The van der Waals surface area contributed by atoms with Gasteiger partial charge in [-0.25, -0.2) is 0 Å². The van der Waals surface area contributed by atoms with E-state index in [9.17, 15) is 4.79 Å². The molecule has 0 fully saturated rings. The molecule has 0 atom stereocenters. The highest BCUT2D eigenvalue weighted by molar-refractivity contribution is 6.05. The summed E-state index contributed by atoms with van der Waals surface area (Å²) in [4.78, 5) is 21.2. The average molecular weight is 399 g/mol. The van der Waals surface area contributed by atoms with Gasteiger partial charge < -0.3 is 4.74 Å². The third kappa shape index (κ3) is 5.41. The van der Waals surface area contributed by atoms with Crippen LogP contribution in [0.3, 0.4) is 0 Å². The maximum absolute atomic E-state index is 11.9. The number of carbonyl (C=O) groups excluding carboxylic acids is 1. The quantitative estimate of drug-likeness (QED) is 0.348. The smallest absolute Gasteiger partial charge is 0.306 e. The molecule has 3 aromatic rings. The first-order valence-electron chi connectivity index (χ1n) is 10.6. The number of benzene rings is 2. The lowest BCUT2D eigenvalue weighted by Crippen LogP contribution is -2.05. The third-order valence-electron chi connectivity index (χ3n) is 5.31. The maximum Gasteiger partial charge on any atom is 0.306 e. The van der Waals surface area contributed by atoms with Crippen LogP contribution < -0.4 is 0 Å². The first-order chi connectivity index (χ1) is 14.8. The molecule has 0 radical (unpaired) electrons. The summed E-state index contributed by atoms with van der Waals surface area (Å²) in [5.74, 6) is -0.121. The van der Waals surface area contributed by atoms with Gasteiger partial charge >= 0.3 is 5.97 Å². The number of nitrogens with zero attached hydrogens (tertiary/aromatic N) is 2. The highest BCUT2D eigenvalue weighted by Gasteiger charge is 2.16. The minimum absolute atomic E-state index is 0.121. The number of rotatable bonds is 9. The van der Waals surface area contributed by atoms with E-state index in [1.807, 2.05) is 42.6 Å². The largest absolute Gasteiger partial charge is 0.461 e. The van der Waals surface area contributed by atoms with E-state index in [1.54, 1.807) is 0 Å². The molecule has 0 amide bonds. The van der Waals surface area contributed by atoms with Crippen molar-refractivity contribution in [2.24, 2.45) is 4.99 Å². The van der Waals surface area contributed by atoms with Crippen LogP contribution in [0.25, 0.3) is 0 Å². The van der Waals surface area contributed by atoms with Gasteiger partial charge in [-0.3, -0.25) is 14.8 Å². The number of unbranched alkanes of at least 4 members (excludes halogenated alkanes) is 2. The summed E-state index contributed by atoms with van der Waals surface area (Å²) in [6, 6.07) is 22.3. The van der Waals surface area contributed by atoms with Crippen molar-refractivity contribution in [1.82, 2.24) is 4.98 Å². The lowest BCUT2D eigenvalue weighted by molar-refractivity contribution is -0.145. The molecule has 0 unspecified atom stereocenters. The first-order valence-corrected chi connectivity index (χ1v) is 10.6. The summed E-state index contributed by atoms with van der Waals surface area (Å²) in [7, 11) is 0. The van der Waals surface area contributed by atoms with Crippen LogP contribution in [0.4, 0.5) is 5.69 Å². The molecular formula is C26H26N2O2. The van der Waals surface area contributed by atoms with Crippen LogP contribution in [0.2, 0.25) is 0 Å². The highest BCUT2D eigenvalue weighted by atomic mass is 16.5. The van der Waals surface area contributed by atoms with Crippen LogP contribution in [0.5, 0.6) is 0 Å². The molecule has 1 aliphatic heterocycles. The first kappa shape index (κ1) is 20.0. The Balaban J connectivity index is 1.18. The summed E-state index contributed by atoms with van der Waals surface area (Å²) in [6.07, 6.45) is 7.08. The fourth-order valence-electron chi connectivity index (χ4n) is 3.66. The number of hydrogen-bond acceptors (Lipinski definition) is 4. The summed E-state index contributed by atoms with van der Waals surface area (Å²) in [5.41, 5.74) is 6.62. The number of aliphatic imine (C=N–C) groups is 1. The molecule has 0 spiro atoms. The minimum atomic E-state index is -0.121. The molecule has 4 rings (SSSR count). The molecule has 0 aliphatic carbocycles. The Morgan fingerprint density at radius 2 is 1.73 bits per heavy atom. The van der Waals surface area contributed by atoms with Gasteiger partial charge in [0.15, 0.2) is 0 Å². The monoisotopic (exact) mass is 398 g/mol. The van der Waals surface area contributed by atoms with Gasteiger partial charge in [0.1, 0.15) is 6.61 Å². The van der Waals surface area contributed by atoms with Gasteiger partial charge in [0.05, 0.1) is 17.1 Å². The Bertz CT molecular complexity index is 1030. The van der Waals surface area contributed by atoms with Gasteiger partial charge in [-0.05, 0) is 54.2 Å². The fraction of sp³-hybridized carbons (Fsp3) is 0.269. The topological polar surface area (TPSA) is 51.5 Å². The third-order valence-corrected chi connectivity index (χ3v) is 5.31. The zero-order valence-electron chi connectivity index (χ0n) is 17.1. The lowest BCUT2D eigenvalue weighted by Gasteiger charge is -2.06. The zero-order valence-corrected chi connectivity index (χ0v) is 17.1. The Kier molecular flexibility index (Phi) is 6.65. The molecule has 0 N–H and O–H groups in total. The Hall–Kier alpha value is -3.27. The van der Waals surface area contributed by atoms with Gasteiger partial charge in [0.25, 0.3) is 0 Å². The standard InChI is InChI=1S/C26H26N2O2/c29-26(30-19-21-10-4-1-5-11-21)14-6-2-3-9-20-15-16-27-24(17-20)25-18-22-12-7-8-13-23(22)28-25/h1,4-5,7-8,10-13,15-17H,2-3,6,9,14,18-19H2. The molecule has 152 valence electrons. The number of para-hydroxylation sites is 1. The van der Waals surface area contributed by atoms with Crippen molar-refractivity contribution in [1.29, 1.82) is 0 Å². The molecule has 4 heteroatoms. The summed E-state index contributed by atoms with van der Waals surface area (Å²) < 4.78 is 5.33. The molecule has 0 saturated heterocycles. The van der Waals surface area contributed by atoms with E-state index < -0.39 is 0 Å². The van der Waals surface area contributed by atoms with E-state index in [2.05, 4.69) is 35.3 Å². The molecule has 4 nitrogen and oxygen atoms in total. The Labute approximate surface area is 177 Å². The SMILES string of the molecule is O=C(CCCCCc1ccnc(C2=Nc3ccccc3C2)c1)OCc1ccccc1. The van der Waals surface area contributed by atoms with Crippen molar-refractivity contribution in [3.05, 3.63) is 95.3 Å². The number of esters is 1. The van der Waals surface area contributed by atoms with Crippen molar-refractivity contribution in [2.75, 3.05) is 0 Å². The van der Waals surface area contributed by atoms with Crippen LogP contribution in [-0.4, -0.2) is 16.7 Å². The van der Waals surface area contributed by atoms with Crippen LogP contribution in [0.15, 0.2) is 77.9 Å². The molecule has 2 heterocycles. The Morgan fingerprint density at radius 3 is 2.60 bits per heavy atom. The molecule has 1 aromatic heterocycles. The van der Waals surface area contributed by atoms with E-state index >= 15 is 0 Å². The zero-order chi connectivity index (χ0) is 20.6. The van der Waals surface area contributed by atoms with E-state index in [-0.39, 0.29) is 5.97 Å². The molecule has 30 heavy (non-hydrogen) atoms. The van der Waals surface area contributed by atoms with Crippen molar-refractivity contribution >= 4 is 17.4 Å². The van der Waals surface area contributed by atoms with E-state index in [1.165, 1.54) is 11.1 Å². The molecule has 0 bridgehead atoms. The average Bonchev–Trinajstić information content (AvgIpc) is 3.23. The van der Waals surface area contributed by atoms with Crippen LogP contribution in [-0.2, 0) is 29.0 Å². The number of hydrogen-bond donors (Lipinski definition) is 0. The predicted molar refractivity (Wildman–Crippen MR) is 119 cm³/mol. The van der Waals surface area contributed by atoms with E-state index in [0.717, 1.165) is 54.8 Å². The van der Waals surface area contributed by atoms with Crippen molar-refractivity contribution in [2.45, 2.75) is 45.1 Å². The summed E-state index contributed by atoms with van der Waals surface area (Å²) >= 11 is 0. The van der Waals surface area contributed by atoms with Crippen LogP contribution >= 0.6 is 0 Å². The van der Waals surface area contributed by atoms with Gasteiger partial charge in [-0.1, -0.05) is 55.0 Å². The van der Waals surface area contributed by atoms with Gasteiger partial charge in [0.2, 0.25) is 0 Å². The Morgan fingerprint density at radius 1 is 0.900 bits per heavy atom. The molecular weight excluding hydrogens is 372 g/mol. The van der Waals surface area contributed by atoms with Gasteiger partial charge in [-0.15, -0.1) is 0 Å². The number of ether oxygens (including phenoxy) is 1. The molecule has 1 aliphatic rings. The van der Waals surface area contributed by atoms with Crippen molar-refractivity contribution < 1.29 is 9.53 Å². The molecule has 0 saturated carbocycles. The second-order valence-corrected chi connectivity index (χ2v) is 7.62. The maximum atomic E-state index is 11.9. The lowest BCUT2D eigenvalue weighted by atomic mass is 10.0. The van der Waals surface area contributed by atoms with Crippen LogP contribution in [0, 0.1) is 0 Å². The second-order valence-electron chi connectivity index (χ2n) is 7.62. The number of pyridine rings is 1. The van der Waals surface area contributed by atoms with Crippen molar-refractivity contribution in [3.63, 3.8) is 0 Å². The highest BCUT2D eigenvalue weighted by Crippen LogP contribution is 2.28. The van der Waals surface area contributed by atoms with Crippen molar-refractivity contribution in [3.8, 4) is 0 Å². The summed E-state index contributed by atoms with van der Waals surface area (Å²) in [6.45, 7) is 0.354. The normalized spacial score (nSPS) is 12.3. The van der Waals surface area contributed by atoms with Gasteiger partial charge in [0, 0.05) is 19.0 Å². The number of aryl methyl sites for hydroxylation is 1. The van der Waals surface area contributed by atoms with Gasteiger partial charge in [-0.2, -0.15) is 0 Å². The van der Waals surface area contributed by atoms with E-state index in [0.29, 0.717) is 13.0 Å². The number of aromatic nitrogens is 1. The number of carbonyl (C=O) groups is 1. The van der Waals surface area contributed by atoms with Crippen LogP contribution in [0.1, 0.15) is 48.1 Å². The fourth-order valence-corrected chi connectivity index (χ4v) is 3.66. The second kappa shape index (κ2) is 9.97.